The van der Waals surface area contributed by atoms with Crippen LogP contribution in [-0.4, -0.2) is 22.6 Å². The SMILES string of the molecule is COc1ccc(F)c(OC)c1S(N)(=O)=O. The summed E-state index contributed by atoms with van der Waals surface area (Å²) < 4.78 is 45.0. The standard InChI is InChI=1S/C8H10FNO4S/c1-13-6-4-3-5(9)7(14-2)8(6)15(10,11)12/h3-4H,1-2H3,(H2,10,11,12). The van der Waals surface area contributed by atoms with Gasteiger partial charge in [-0.3, -0.25) is 0 Å². The summed E-state index contributed by atoms with van der Waals surface area (Å²) in [4.78, 5) is -0.493. The molecule has 7 heteroatoms. The first kappa shape index (κ1) is 11.7. The van der Waals surface area contributed by atoms with Crippen LogP contribution in [0.2, 0.25) is 0 Å². The van der Waals surface area contributed by atoms with Crippen LogP contribution in [0.3, 0.4) is 0 Å². The van der Waals surface area contributed by atoms with E-state index in [1.54, 1.807) is 0 Å². The molecule has 0 bridgehead atoms. The van der Waals surface area contributed by atoms with Crippen LogP contribution in [0.15, 0.2) is 17.0 Å². The van der Waals surface area contributed by atoms with Gasteiger partial charge in [0, 0.05) is 0 Å². The Morgan fingerprint density at radius 3 is 2.27 bits per heavy atom. The molecule has 0 saturated carbocycles. The van der Waals surface area contributed by atoms with Crippen molar-refractivity contribution < 1.29 is 22.3 Å². The summed E-state index contributed by atoms with van der Waals surface area (Å²) in [7, 11) is -1.70. The molecule has 0 saturated heterocycles. The molecule has 1 rings (SSSR count). The number of hydrogen-bond acceptors (Lipinski definition) is 4. The van der Waals surface area contributed by atoms with Gasteiger partial charge in [0.25, 0.3) is 0 Å². The molecule has 84 valence electrons. The first-order chi connectivity index (χ1) is 6.91. The van der Waals surface area contributed by atoms with Crippen LogP contribution >= 0.6 is 0 Å². The zero-order chi connectivity index (χ0) is 11.6. The van der Waals surface area contributed by atoms with Crippen molar-refractivity contribution in [2.75, 3.05) is 14.2 Å². The van der Waals surface area contributed by atoms with E-state index in [9.17, 15) is 12.8 Å². The monoisotopic (exact) mass is 235 g/mol. The number of ether oxygens (including phenoxy) is 2. The predicted octanol–water partition coefficient (Wildman–Crippen LogP) is 0.490. The van der Waals surface area contributed by atoms with E-state index >= 15 is 0 Å². The van der Waals surface area contributed by atoms with Crippen LogP contribution < -0.4 is 14.6 Å². The van der Waals surface area contributed by atoms with Gasteiger partial charge in [-0.05, 0) is 12.1 Å². The van der Waals surface area contributed by atoms with Crippen LogP contribution in [0.25, 0.3) is 0 Å². The summed E-state index contributed by atoms with van der Waals surface area (Å²) in [5.74, 6) is -1.32. The van der Waals surface area contributed by atoms with Crippen molar-refractivity contribution in [1.29, 1.82) is 0 Å². The van der Waals surface area contributed by atoms with Gasteiger partial charge < -0.3 is 9.47 Å². The van der Waals surface area contributed by atoms with Gasteiger partial charge >= 0.3 is 0 Å². The number of benzene rings is 1. The minimum absolute atomic E-state index is 0.0595. The van der Waals surface area contributed by atoms with Gasteiger partial charge in [0.05, 0.1) is 14.2 Å². The second-order valence-electron chi connectivity index (χ2n) is 2.66. The second-order valence-corrected chi connectivity index (χ2v) is 4.16. The maximum absolute atomic E-state index is 13.2. The summed E-state index contributed by atoms with van der Waals surface area (Å²) in [6.07, 6.45) is 0. The third-order valence-corrected chi connectivity index (χ3v) is 2.69. The topological polar surface area (TPSA) is 78.6 Å². The molecule has 0 atom stereocenters. The highest BCUT2D eigenvalue weighted by atomic mass is 32.2. The minimum Gasteiger partial charge on any atom is -0.495 e. The summed E-state index contributed by atoms with van der Waals surface area (Å²) >= 11 is 0. The van der Waals surface area contributed by atoms with Gasteiger partial charge in [0.15, 0.2) is 16.5 Å². The van der Waals surface area contributed by atoms with Crippen molar-refractivity contribution in [3.8, 4) is 11.5 Å². The summed E-state index contributed by atoms with van der Waals surface area (Å²) in [6.45, 7) is 0. The van der Waals surface area contributed by atoms with Gasteiger partial charge in [-0.2, -0.15) is 0 Å². The quantitative estimate of drug-likeness (QED) is 0.827. The van der Waals surface area contributed by atoms with E-state index in [0.29, 0.717) is 0 Å². The molecule has 0 radical (unpaired) electrons. The number of methoxy groups -OCH3 is 2. The smallest absolute Gasteiger partial charge is 0.245 e. The van der Waals surface area contributed by atoms with Crippen molar-refractivity contribution in [2.45, 2.75) is 4.90 Å². The Labute approximate surface area is 86.7 Å². The van der Waals surface area contributed by atoms with Gasteiger partial charge in [0.2, 0.25) is 10.0 Å². The van der Waals surface area contributed by atoms with Gasteiger partial charge in [0.1, 0.15) is 5.75 Å². The molecule has 1 aromatic rings. The Morgan fingerprint density at radius 2 is 1.87 bits per heavy atom. The number of sulfonamides is 1. The van der Waals surface area contributed by atoms with E-state index in [0.717, 1.165) is 19.2 Å². The minimum atomic E-state index is -4.10. The summed E-state index contributed by atoms with van der Waals surface area (Å²) in [6, 6.07) is 2.20. The highest BCUT2D eigenvalue weighted by Crippen LogP contribution is 2.34. The number of rotatable bonds is 3. The lowest BCUT2D eigenvalue weighted by molar-refractivity contribution is 0.354. The third kappa shape index (κ3) is 2.18. The Balaban J connectivity index is 3.63. The average molecular weight is 235 g/mol. The van der Waals surface area contributed by atoms with E-state index in [4.69, 9.17) is 9.88 Å². The molecule has 0 spiro atoms. The van der Waals surface area contributed by atoms with E-state index < -0.39 is 26.5 Å². The number of nitrogens with two attached hydrogens (primary N) is 1. The van der Waals surface area contributed by atoms with Crippen LogP contribution in [-0.2, 0) is 10.0 Å². The van der Waals surface area contributed by atoms with Crippen LogP contribution in [0.5, 0.6) is 11.5 Å². The van der Waals surface area contributed by atoms with Crippen LogP contribution in [0.4, 0.5) is 4.39 Å². The lowest BCUT2D eigenvalue weighted by Gasteiger charge is -2.11. The van der Waals surface area contributed by atoms with Crippen LogP contribution in [0, 0.1) is 5.82 Å². The maximum atomic E-state index is 13.2. The molecular weight excluding hydrogens is 225 g/mol. The highest BCUT2D eigenvalue weighted by Gasteiger charge is 2.24. The fraction of sp³-hybridized carbons (Fsp3) is 0.250. The van der Waals surface area contributed by atoms with E-state index in [1.165, 1.54) is 7.11 Å². The average Bonchev–Trinajstić information content (AvgIpc) is 2.15. The number of primary sulfonamides is 1. The molecule has 0 aliphatic carbocycles. The Morgan fingerprint density at radius 1 is 1.27 bits per heavy atom. The van der Waals surface area contributed by atoms with Crippen molar-refractivity contribution in [1.82, 2.24) is 0 Å². The molecule has 15 heavy (non-hydrogen) atoms. The molecule has 0 heterocycles. The largest absolute Gasteiger partial charge is 0.495 e. The van der Waals surface area contributed by atoms with E-state index in [2.05, 4.69) is 4.74 Å². The van der Waals surface area contributed by atoms with Crippen LogP contribution in [0.1, 0.15) is 0 Å². The summed E-state index contributed by atoms with van der Waals surface area (Å²) in [5.41, 5.74) is 0. The molecule has 0 aromatic heterocycles. The Bertz CT molecular complexity index is 472. The number of hydrogen-bond donors (Lipinski definition) is 1. The highest BCUT2D eigenvalue weighted by molar-refractivity contribution is 7.89. The molecule has 0 aliphatic heterocycles. The van der Waals surface area contributed by atoms with Crippen molar-refractivity contribution in [2.24, 2.45) is 5.14 Å². The predicted molar refractivity (Wildman–Crippen MR) is 50.9 cm³/mol. The molecule has 0 amide bonds. The fourth-order valence-electron chi connectivity index (χ4n) is 1.14. The Kier molecular flexibility index (Phi) is 3.15. The zero-order valence-electron chi connectivity index (χ0n) is 8.15. The van der Waals surface area contributed by atoms with Gasteiger partial charge in [-0.25, -0.2) is 17.9 Å². The van der Waals surface area contributed by atoms with Gasteiger partial charge in [-0.15, -0.1) is 0 Å². The van der Waals surface area contributed by atoms with E-state index in [-0.39, 0.29) is 5.75 Å². The number of halogens is 1. The van der Waals surface area contributed by atoms with Crippen molar-refractivity contribution in [3.05, 3.63) is 17.9 Å². The molecule has 0 unspecified atom stereocenters. The molecule has 0 aliphatic rings. The normalized spacial score (nSPS) is 11.2. The van der Waals surface area contributed by atoms with Gasteiger partial charge in [-0.1, -0.05) is 0 Å². The van der Waals surface area contributed by atoms with Crippen molar-refractivity contribution in [3.63, 3.8) is 0 Å². The first-order valence-corrected chi connectivity index (χ1v) is 5.39. The molecule has 2 N–H and O–H groups in total. The maximum Gasteiger partial charge on any atom is 0.245 e. The Hall–Kier alpha value is -1.34. The molecule has 0 fully saturated rings. The molecule has 5 nitrogen and oxygen atoms in total. The zero-order valence-corrected chi connectivity index (χ0v) is 8.97. The third-order valence-electron chi connectivity index (χ3n) is 1.74. The fourth-order valence-corrected chi connectivity index (χ4v) is 2.01. The lowest BCUT2D eigenvalue weighted by atomic mass is 10.3. The first-order valence-electron chi connectivity index (χ1n) is 3.85. The molecule has 1 aromatic carbocycles. The van der Waals surface area contributed by atoms with Crippen molar-refractivity contribution >= 4 is 10.0 Å². The molecular formula is C8H10FNO4S. The van der Waals surface area contributed by atoms with E-state index in [1.807, 2.05) is 0 Å². The summed E-state index contributed by atoms with van der Waals surface area (Å²) in [5, 5.41) is 4.92. The lowest BCUT2D eigenvalue weighted by Crippen LogP contribution is -2.15. The second kappa shape index (κ2) is 4.03.